The number of amides is 1. The Kier molecular flexibility index (Phi) is 5.73. The van der Waals surface area contributed by atoms with Gasteiger partial charge in [-0.25, -0.2) is 9.18 Å². The highest BCUT2D eigenvalue weighted by atomic mass is 79.9. The Morgan fingerprint density at radius 3 is 2.67 bits per heavy atom. The maximum Gasteiger partial charge on any atom is 0.328 e. The Morgan fingerprint density at radius 2 is 2.19 bits per heavy atom. The predicted molar refractivity (Wildman–Crippen MR) is 71.5 cm³/mol. The largest absolute Gasteiger partial charge is 0.480 e. The van der Waals surface area contributed by atoms with Gasteiger partial charge < -0.3 is 15.2 Å². The van der Waals surface area contributed by atoms with Gasteiger partial charge in [-0.05, 0) is 22.0 Å². The standard InChI is InChI=1S/C11H10BrFN2O6/c1-21-4-7(11(17)18)14-10(16)6-2-5(13)3-8(9(6)12)15(19)20/h2-3,7H,4H2,1H3,(H,14,16)(H,17,18). The van der Waals surface area contributed by atoms with Crippen molar-refractivity contribution in [3.05, 3.63) is 38.1 Å². The van der Waals surface area contributed by atoms with Gasteiger partial charge in [0.25, 0.3) is 11.6 Å². The van der Waals surface area contributed by atoms with E-state index in [4.69, 9.17) is 5.11 Å². The summed E-state index contributed by atoms with van der Waals surface area (Å²) in [6, 6.07) is 0.0414. The van der Waals surface area contributed by atoms with Gasteiger partial charge in [0.15, 0.2) is 6.04 Å². The summed E-state index contributed by atoms with van der Waals surface area (Å²) in [5.74, 6) is -3.32. The van der Waals surface area contributed by atoms with Crippen molar-refractivity contribution < 1.29 is 28.7 Å². The first kappa shape index (κ1) is 17.0. The van der Waals surface area contributed by atoms with Gasteiger partial charge in [-0.1, -0.05) is 0 Å². The van der Waals surface area contributed by atoms with Crippen molar-refractivity contribution in [2.45, 2.75) is 6.04 Å². The second kappa shape index (κ2) is 7.09. The van der Waals surface area contributed by atoms with Crippen molar-refractivity contribution in [1.29, 1.82) is 0 Å². The van der Waals surface area contributed by atoms with E-state index in [9.17, 15) is 24.1 Å². The molecule has 0 aromatic heterocycles. The van der Waals surface area contributed by atoms with Crippen LogP contribution in [0.3, 0.4) is 0 Å². The number of aliphatic carboxylic acids is 1. The molecule has 0 aliphatic heterocycles. The van der Waals surface area contributed by atoms with E-state index >= 15 is 0 Å². The van der Waals surface area contributed by atoms with Crippen molar-refractivity contribution in [2.24, 2.45) is 0 Å². The van der Waals surface area contributed by atoms with Crippen LogP contribution in [0.5, 0.6) is 0 Å². The molecule has 0 aliphatic carbocycles. The summed E-state index contributed by atoms with van der Waals surface area (Å²) in [6.45, 7) is -0.309. The van der Waals surface area contributed by atoms with Crippen molar-refractivity contribution >= 4 is 33.5 Å². The van der Waals surface area contributed by atoms with E-state index < -0.39 is 34.3 Å². The third-order valence-corrected chi connectivity index (χ3v) is 3.23. The molecule has 1 atom stereocenters. The zero-order valence-corrected chi connectivity index (χ0v) is 12.2. The second-order valence-corrected chi connectivity index (χ2v) is 4.66. The fourth-order valence-electron chi connectivity index (χ4n) is 1.45. The van der Waals surface area contributed by atoms with Crippen LogP contribution < -0.4 is 5.32 Å². The molecular formula is C11H10BrFN2O6. The first-order valence-corrected chi connectivity index (χ1v) is 6.23. The number of carbonyl (C=O) groups excluding carboxylic acids is 1. The van der Waals surface area contributed by atoms with Gasteiger partial charge in [-0.2, -0.15) is 0 Å². The number of methoxy groups -OCH3 is 1. The van der Waals surface area contributed by atoms with Gasteiger partial charge in [0.05, 0.1) is 23.2 Å². The van der Waals surface area contributed by atoms with E-state index in [-0.39, 0.29) is 16.6 Å². The number of carboxylic acids is 1. The first-order chi connectivity index (χ1) is 9.77. The summed E-state index contributed by atoms with van der Waals surface area (Å²) in [5.41, 5.74) is -1.03. The van der Waals surface area contributed by atoms with Gasteiger partial charge in [0, 0.05) is 7.11 Å². The van der Waals surface area contributed by atoms with E-state index in [1.807, 2.05) is 0 Å². The number of nitrogens with zero attached hydrogens (tertiary/aromatic N) is 1. The molecule has 10 heteroatoms. The van der Waals surface area contributed by atoms with E-state index in [2.05, 4.69) is 26.0 Å². The molecule has 8 nitrogen and oxygen atoms in total. The highest BCUT2D eigenvalue weighted by Crippen LogP contribution is 2.29. The summed E-state index contributed by atoms with van der Waals surface area (Å²) in [5, 5.41) is 21.7. The molecule has 0 radical (unpaired) electrons. The molecule has 1 unspecified atom stereocenters. The summed E-state index contributed by atoms with van der Waals surface area (Å²) in [6.07, 6.45) is 0. The van der Waals surface area contributed by atoms with E-state index in [1.54, 1.807) is 0 Å². The molecule has 0 saturated carbocycles. The Balaban J connectivity index is 3.12. The summed E-state index contributed by atoms with van der Waals surface area (Å²) in [4.78, 5) is 32.7. The van der Waals surface area contributed by atoms with Crippen LogP contribution in [0.1, 0.15) is 10.4 Å². The summed E-state index contributed by atoms with van der Waals surface area (Å²) >= 11 is 2.83. The Labute approximate surface area is 126 Å². The number of ether oxygens (including phenoxy) is 1. The van der Waals surface area contributed by atoms with Crippen LogP contribution in [0, 0.1) is 15.9 Å². The van der Waals surface area contributed by atoms with Gasteiger partial charge >= 0.3 is 5.97 Å². The first-order valence-electron chi connectivity index (χ1n) is 5.44. The quantitative estimate of drug-likeness (QED) is 0.580. The van der Waals surface area contributed by atoms with Crippen molar-refractivity contribution in [1.82, 2.24) is 5.32 Å². The average Bonchev–Trinajstić information content (AvgIpc) is 2.39. The minimum absolute atomic E-state index is 0.243. The van der Waals surface area contributed by atoms with Crippen LogP contribution in [-0.4, -0.2) is 41.7 Å². The van der Waals surface area contributed by atoms with Gasteiger partial charge in [-0.15, -0.1) is 0 Å². The smallest absolute Gasteiger partial charge is 0.328 e. The highest BCUT2D eigenvalue weighted by Gasteiger charge is 2.26. The second-order valence-electron chi connectivity index (χ2n) is 3.86. The number of carbonyl (C=O) groups is 2. The topological polar surface area (TPSA) is 119 Å². The van der Waals surface area contributed by atoms with Crippen LogP contribution in [0.25, 0.3) is 0 Å². The summed E-state index contributed by atoms with van der Waals surface area (Å²) in [7, 11) is 1.24. The molecule has 0 saturated heterocycles. The Hall–Kier alpha value is -2.07. The molecule has 0 bridgehead atoms. The van der Waals surface area contributed by atoms with Crippen molar-refractivity contribution in [3.8, 4) is 0 Å². The van der Waals surface area contributed by atoms with Crippen LogP contribution in [0.15, 0.2) is 16.6 Å². The lowest BCUT2D eigenvalue weighted by Gasteiger charge is -2.14. The molecule has 0 fully saturated rings. The number of hydrogen-bond acceptors (Lipinski definition) is 5. The average molecular weight is 365 g/mol. The molecule has 1 aromatic rings. The molecule has 1 aromatic carbocycles. The summed E-state index contributed by atoms with van der Waals surface area (Å²) < 4.78 is 17.7. The highest BCUT2D eigenvalue weighted by molar-refractivity contribution is 9.10. The van der Waals surface area contributed by atoms with Crippen LogP contribution >= 0.6 is 15.9 Å². The maximum atomic E-state index is 13.3. The van der Waals surface area contributed by atoms with Gasteiger partial charge in [0.2, 0.25) is 0 Å². The zero-order chi connectivity index (χ0) is 16.2. The molecule has 1 rings (SSSR count). The molecule has 114 valence electrons. The molecule has 0 aliphatic rings. The number of rotatable bonds is 6. The Bertz CT molecular complexity index is 594. The number of nitro benzene ring substituents is 1. The van der Waals surface area contributed by atoms with E-state index in [0.29, 0.717) is 6.07 Å². The molecule has 0 spiro atoms. The predicted octanol–water partition coefficient (Wildman–Crippen LogP) is 1.33. The lowest BCUT2D eigenvalue weighted by atomic mass is 10.1. The zero-order valence-electron chi connectivity index (χ0n) is 10.6. The molecular weight excluding hydrogens is 355 g/mol. The lowest BCUT2D eigenvalue weighted by Crippen LogP contribution is -2.44. The minimum atomic E-state index is -1.36. The SMILES string of the molecule is COCC(NC(=O)c1cc(F)cc([N+](=O)[O-])c1Br)C(=O)O. The van der Waals surface area contributed by atoms with Crippen LogP contribution in [0.4, 0.5) is 10.1 Å². The number of hydrogen-bond donors (Lipinski definition) is 2. The van der Waals surface area contributed by atoms with Crippen molar-refractivity contribution in [3.63, 3.8) is 0 Å². The Morgan fingerprint density at radius 1 is 1.57 bits per heavy atom. The fourth-order valence-corrected chi connectivity index (χ4v) is 2.00. The van der Waals surface area contributed by atoms with E-state index in [0.717, 1.165) is 6.07 Å². The monoisotopic (exact) mass is 364 g/mol. The van der Waals surface area contributed by atoms with Crippen molar-refractivity contribution in [2.75, 3.05) is 13.7 Å². The van der Waals surface area contributed by atoms with Crippen LogP contribution in [0.2, 0.25) is 0 Å². The number of nitrogens with one attached hydrogen (secondary N) is 1. The third-order valence-electron chi connectivity index (χ3n) is 2.40. The fraction of sp³-hybridized carbons (Fsp3) is 0.273. The number of carboxylic acid groups (broad SMARTS) is 1. The molecule has 0 heterocycles. The number of nitro groups is 1. The maximum absolute atomic E-state index is 13.3. The molecule has 21 heavy (non-hydrogen) atoms. The van der Waals surface area contributed by atoms with Gasteiger partial charge in [-0.3, -0.25) is 14.9 Å². The molecule has 2 N–H and O–H groups in total. The normalized spacial score (nSPS) is 11.8. The third kappa shape index (κ3) is 4.20. The van der Waals surface area contributed by atoms with E-state index in [1.165, 1.54) is 7.11 Å². The lowest BCUT2D eigenvalue weighted by molar-refractivity contribution is -0.385. The van der Waals surface area contributed by atoms with Gasteiger partial charge in [0.1, 0.15) is 10.3 Å². The minimum Gasteiger partial charge on any atom is -0.480 e. The molecule has 1 amide bonds. The van der Waals surface area contributed by atoms with Crippen LogP contribution in [-0.2, 0) is 9.53 Å². The number of benzene rings is 1. The number of halogens is 2.